The highest BCUT2D eigenvalue weighted by Gasteiger charge is 2.20. The molecule has 0 radical (unpaired) electrons. The predicted molar refractivity (Wildman–Crippen MR) is 118 cm³/mol. The summed E-state index contributed by atoms with van der Waals surface area (Å²) in [6.45, 7) is 0. The number of hydrogen-bond donors (Lipinski definition) is 2. The maximum Gasteiger partial charge on any atom is 0.252 e. The average molecular weight is 395 g/mol. The average Bonchev–Trinajstić information content (AvgIpc) is 2.79. The first-order chi connectivity index (χ1) is 14.6. The number of para-hydroxylation sites is 1. The number of carbonyl (C=O) groups excluding carboxylic acids is 2. The van der Waals surface area contributed by atoms with Crippen LogP contribution in [0.4, 0.5) is 0 Å². The molecule has 5 nitrogen and oxygen atoms in total. The largest absolute Gasteiger partial charge is 0.368 e. The third-order valence-corrected chi connectivity index (χ3v) is 5.04. The van der Waals surface area contributed by atoms with Crippen LogP contribution < -0.4 is 11.1 Å². The van der Waals surface area contributed by atoms with Gasteiger partial charge in [0.2, 0.25) is 5.91 Å². The number of hydrogen-bond acceptors (Lipinski definition) is 3. The number of rotatable bonds is 6. The molecule has 4 rings (SSSR count). The van der Waals surface area contributed by atoms with Gasteiger partial charge in [0.15, 0.2) is 0 Å². The second-order valence-electron chi connectivity index (χ2n) is 7.07. The van der Waals surface area contributed by atoms with Gasteiger partial charge in [0, 0.05) is 18.0 Å². The Balaban J connectivity index is 1.52. The van der Waals surface area contributed by atoms with Crippen molar-refractivity contribution in [2.75, 3.05) is 0 Å². The maximum absolute atomic E-state index is 12.9. The van der Waals surface area contributed by atoms with Gasteiger partial charge in [-0.15, -0.1) is 0 Å². The Morgan fingerprint density at radius 3 is 2.23 bits per heavy atom. The molecule has 3 N–H and O–H groups in total. The van der Waals surface area contributed by atoms with Crippen LogP contribution in [-0.2, 0) is 11.2 Å². The highest BCUT2D eigenvalue weighted by molar-refractivity contribution is 6.07. The molecule has 0 aliphatic carbocycles. The molecular weight excluding hydrogens is 374 g/mol. The number of benzene rings is 3. The quantitative estimate of drug-likeness (QED) is 0.522. The number of nitrogens with one attached hydrogen (secondary N) is 1. The normalized spacial score (nSPS) is 11.7. The van der Waals surface area contributed by atoms with Crippen LogP contribution in [0.5, 0.6) is 0 Å². The summed E-state index contributed by atoms with van der Waals surface area (Å²) in [4.78, 5) is 29.1. The molecule has 0 spiro atoms. The van der Waals surface area contributed by atoms with Crippen molar-refractivity contribution in [1.29, 1.82) is 0 Å². The minimum Gasteiger partial charge on any atom is -0.368 e. The lowest BCUT2D eigenvalue weighted by atomic mass is 10.00. The maximum atomic E-state index is 12.9. The third kappa shape index (κ3) is 4.20. The molecule has 1 atom stereocenters. The van der Waals surface area contributed by atoms with Gasteiger partial charge in [0.1, 0.15) is 6.04 Å². The van der Waals surface area contributed by atoms with Crippen molar-refractivity contribution in [1.82, 2.24) is 10.3 Å². The van der Waals surface area contributed by atoms with Gasteiger partial charge in [-0.3, -0.25) is 14.6 Å². The molecule has 5 heteroatoms. The number of nitrogens with two attached hydrogens (primary N) is 1. The monoisotopic (exact) mass is 395 g/mol. The summed E-state index contributed by atoms with van der Waals surface area (Å²) in [5.41, 5.74) is 9.88. The van der Waals surface area contributed by atoms with E-state index < -0.39 is 11.9 Å². The molecule has 3 aromatic carbocycles. The third-order valence-electron chi connectivity index (χ3n) is 5.04. The zero-order chi connectivity index (χ0) is 20.9. The number of fused-ring (bicyclic) bond motifs is 1. The van der Waals surface area contributed by atoms with Crippen LogP contribution in [0, 0.1) is 0 Å². The molecule has 2 amide bonds. The minimum absolute atomic E-state index is 0.319. The highest BCUT2D eigenvalue weighted by Crippen LogP contribution is 2.20. The molecule has 0 aliphatic rings. The lowest BCUT2D eigenvalue weighted by molar-refractivity contribution is -0.119. The number of aromatic nitrogens is 1. The summed E-state index contributed by atoms with van der Waals surface area (Å²) in [5.74, 6) is -0.924. The summed E-state index contributed by atoms with van der Waals surface area (Å²) in [7, 11) is 0. The standard InChI is InChI=1S/C25H21N3O2/c26-24(29)23(16-17-10-12-19(13-11-17)18-6-2-1-3-7-18)28-25(30)21-14-15-27-22-9-5-4-8-20(21)22/h1-15,23H,16H2,(H2,26,29)(H,28,30)/t23-/m1/s1. The summed E-state index contributed by atoms with van der Waals surface area (Å²) >= 11 is 0. The van der Waals surface area contributed by atoms with Crippen molar-refractivity contribution < 1.29 is 9.59 Å². The zero-order valence-electron chi connectivity index (χ0n) is 16.3. The van der Waals surface area contributed by atoms with Crippen LogP contribution in [0.25, 0.3) is 22.0 Å². The van der Waals surface area contributed by atoms with Crippen molar-refractivity contribution in [2.45, 2.75) is 12.5 Å². The van der Waals surface area contributed by atoms with Crippen molar-refractivity contribution in [3.63, 3.8) is 0 Å². The van der Waals surface area contributed by atoms with E-state index in [4.69, 9.17) is 5.73 Å². The zero-order valence-corrected chi connectivity index (χ0v) is 16.3. The summed E-state index contributed by atoms with van der Waals surface area (Å²) < 4.78 is 0. The van der Waals surface area contributed by atoms with Gasteiger partial charge in [0.05, 0.1) is 11.1 Å². The first-order valence-electron chi connectivity index (χ1n) is 9.70. The molecule has 0 bridgehead atoms. The highest BCUT2D eigenvalue weighted by atomic mass is 16.2. The second-order valence-corrected chi connectivity index (χ2v) is 7.07. The van der Waals surface area contributed by atoms with Crippen LogP contribution in [0.3, 0.4) is 0 Å². The van der Waals surface area contributed by atoms with E-state index in [0.29, 0.717) is 12.0 Å². The van der Waals surface area contributed by atoms with Gasteiger partial charge in [-0.1, -0.05) is 72.8 Å². The molecular formula is C25H21N3O2. The molecule has 1 aromatic heterocycles. The molecule has 0 unspecified atom stereocenters. The van der Waals surface area contributed by atoms with E-state index in [-0.39, 0.29) is 5.91 Å². The fourth-order valence-corrected chi connectivity index (χ4v) is 3.45. The lowest BCUT2D eigenvalue weighted by Crippen LogP contribution is -2.45. The van der Waals surface area contributed by atoms with Crippen molar-refractivity contribution in [3.8, 4) is 11.1 Å². The Morgan fingerprint density at radius 1 is 0.833 bits per heavy atom. The van der Waals surface area contributed by atoms with E-state index >= 15 is 0 Å². The number of pyridine rings is 1. The first-order valence-corrected chi connectivity index (χ1v) is 9.70. The van der Waals surface area contributed by atoms with Gasteiger partial charge in [-0.05, 0) is 28.8 Å². The lowest BCUT2D eigenvalue weighted by Gasteiger charge is -2.16. The molecule has 0 saturated carbocycles. The summed E-state index contributed by atoms with van der Waals surface area (Å²) in [5, 5.41) is 3.51. The number of carbonyl (C=O) groups is 2. The van der Waals surface area contributed by atoms with E-state index in [2.05, 4.69) is 10.3 Å². The Labute approximate surface area is 174 Å². The topological polar surface area (TPSA) is 85.1 Å². The van der Waals surface area contributed by atoms with E-state index in [9.17, 15) is 9.59 Å². The number of amides is 2. The molecule has 0 fully saturated rings. The Bertz CT molecular complexity index is 1180. The fraction of sp³-hybridized carbons (Fsp3) is 0.0800. The van der Waals surface area contributed by atoms with Gasteiger partial charge in [0.25, 0.3) is 5.91 Å². The molecule has 0 aliphatic heterocycles. The van der Waals surface area contributed by atoms with Crippen molar-refractivity contribution in [2.24, 2.45) is 5.73 Å². The first kappa shape index (κ1) is 19.3. The van der Waals surface area contributed by atoms with Crippen molar-refractivity contribution in [3.05, 3.63) is 102 Å². The van der Waals surface area contributed by atoms with Crippen LogP contribution >= 0.6 is 0 Å². The van der Waals surface area contributed by atoms with Crippen LogP contribution in [0.2, 0.25) is 0 Å². The minimum atomic E-state index is -0.813. The fourth-order valence-electron chi connectivity index (χ4n) is 3.45. The van der Waals surface area contributed by atoms with E-state index in [1.165, 1.54) is 0 Å². The van der Waals surface area contributed by atoms with E-state index in [1.54, 1.807) is 12.3 Å². The SMILES string of the molecule is NC(=O)[C@@H](Cc1ccc(-c2ccccc2)cc1)NC(=O)c1ccnc2ccccc12. The Hall–Kier alpha value is -3.99. The van der Waals surface area contributed by atoms with E-state index in [1.807, 2.05) is 78.9 Å². The van der Waals surface area contributed by atoms with E-state index in [0.717, 1.165) is 27.6 Å². The van der Waals surface area contributed by atoms with Crippen LogP contribution in [-0.4, -0.2) is 22.8 Å². The molecule has 0 saturated heterocycles. The molecule has 30 heavy (non-hydrogen) atoms. The second kappa shape index (κ2) is 8.57. The predicted octanol–water partition coefficient (Wildman–Crippen LogP) is 3.73. The molecule has 148 valence electrons. The smallest absolute Gasteiger partial charge is 0.252 e. The summed E-state index contributed by atoms with van der Waals surface area (Å²) in [6.07, 6.45) is 1.90. The van der Waals surface area contributed by atoms with Gasteiger partial charge in [-0.25, -0.2) is 0 Å². The van der Waals surface area contributed by atoms with Gasteiger partial charge in [-0.2, -0.15) is 0 Å². The van der Waals surface area contributed by atoms with Crippen molar-refractivity contribution >= 4 is 22.7 Å². The van der Waals surface area contributed by atoms with Gasteiger partial charge >= 0.3 is 0 Å². The summed E-state index contributed by atoms with van der Waals surface area (Å²) in [6, 6.07) is 26.2. The number of nitrogens with zero attached hydrogens (tertiary/aromatic N) is 1. The van der Waals surface area contributed by atoms with Crippen LogP contribution in [0.15, 0.2) is 91.1 Å². The Kier molecular flexibility index (Phi) is 5.52. The van der Waals surface area contributed by atoms with Crippen LogP contribution in [0.1, 0.15) is 15.9 Å². The molecule has 4 aromatic rings. The molecule has 1 heterocycles. The van der Waals surface area contributed by atoms with Gasteiger partial charge < -0.3 is 11.1 Å². The Morgan fingerprint density at radius 2 is 1.50 bits per heavy atom. The number of primary amides is 1.